The minimum absolute atomic E-state index is 0.398. The van der Waals surface area contributed by atoms with Gasteiger partial charge in [0, 0.05) is 17.2 Å². The highest BCUT2D eigenvalue weighted by Crippen LogP contribution is 2.15. The fourth-order valence-electron chi connectivity index (χ4n) is 1.36. The van der Waals surface area contributed by atoms with E-state index in [2.05, 4.69) is 26.2 Å². The lowest BCUT2D eigenvalue weighted by molar-refractivity contribution is 0.200. The normalized spacial score (nSPS) is 9.83. The van der Waals surface area contributed by atoms with Crippen molar-refractivity contribution in [2.24, 2.45) is 0 Å². The van der Waals surface area contributed by atoms with Crippen molar-refractivity contribution in [1.82, 2.24) is 10.3 Å². The molecular formula is C13H11BrN2O2. The number of halogens is 1. The van der Waals surface area contributed by atoms with Gasteiger partial charge < -0.3 is 10.1 Å². The van der Waals surface area contributed by atoms with Crippen molar-refractivity contribution in [3.8, 4) is 5.75 Å². The number of carbonyl (C=O) groups excluding carboxylic acids is 1. The summed E-state index contributed by atoms with van der Waals surface area (Å²) in [5.41, 5.74) is 1.02. The molecule has 0 aliphatic rings. The molecule has 1 N–H and O–H groups in total. The Labute approximate surface area is 113 Å². The molecule has 2 aromatic rings. The highest BCUT2D eigenvalue weighted by atomic mass is 79.9. The van der Waals surface area contributed by atoms with Crippen LogP contribution in [0.4, 0.5) is 4.79 Å². The first-order valence-electron chi connectivity index (χ1n) is 5.34. The molecule has 0 aliphatic heterocycles. The lowest BCUT2D eigenvalue weighted by Crippen LogP contribution is -2.26. The molecule has 1 amide bonds. The molecule has 4 nitrogen and oxygen atoms in total. The minimum Gasteiger partial charge on any atom is -0.409 e. The molecule has 0 radical (unpaired) electrons. The fraction of sp³-hybridized carbons (Fsp3) is 0.0769. The lowest BCUT2D eigenvalue weighted by Gasteiger charge is -2.06. The largest absolute Gasteiger partial charge is 0.412 e. The zero-order valence-corrected chi connectivity index (χ0v) is 11.1. The third kappa shape index (κ3) is 3.85. The van der Waals surface area contributed by atoms with Crippen molar-refractivity contribution in [2.75, 3.05) is 0 Å². The van der Waals surface area contributed by atoms with Crippen LogP contribution in [0.3, 0.4) is 0 Å². The van der Waals surface area contributed by atoms with Crippen LogP contribution in [0.15, 0.2) is 53.3 Å². The van der Waals surface area contributed by atoms with E-state index in [0.29, 0.717) is 12.3 Å². The van der Waals surface area contributed by atoms with Crippen LogP contribution in [-0.2, 0) is 6.54 Å². The van der Waals surface area contributed by atoms with E-state index in [9.17, 15) is 4.79 Å². The Bertz CT molecular complexity index is 532. The standard InChI is InChI=1S/C13H11BrN2O2/c14-11-6-12(9-15-8-11)18-13(17)16-7-10-4-2-1-3-5-10/h1-6,8-9H,7H2,(H,16,17). The van der Waals surface area contributed by atoms with E-state index in [-0.39, 0.29) is 0 Å². The topological polar surface area (TPSA) is 51.2 Å². The van der Waals surface area contributed by atoms with Crippen LogP contribution in [0.5, 0.6) is 5.75 Å². The summed E-state index contributed by atoms with van der Waals surface area (Å²) in [7, 11) is 0. The molecular weight excluding hydrogens is 296 g/mol. The average molecular weight is 307 g/mol. The summed E-state index contributed by atoms with van der Waals surface area (Å²) in [6.45, 7) is 0.432. The highest BCUT2D eigenvalue weighted by molar-refractivity contribution is 9.10. The molecule has 18 heavy (non-hydrogen) atoms. The second-order valence-electron chi connectivity index (χ2n) is 3.57. The van der Waals surface area contributed by atoms with E-state index in [0.717, 1.165) is 10.0 Å². The number of ether oxygens (including phenoxy) is 1. The number of pyridine rings is 1. The zero-order chi connectivity index (χ0) is 12.8. The SMILES string of the molecule is O=C(NCc1ccccc1)Oc1cncc(Br)c1. The van der Waals surface area contributed by atoms with E-state index in [4.69, 9.17) is 4.74 Å². The summed E-state index contributed by atoms with van der Waals surface area (Å²) in [6.07, 6.45) is 2.60. The van der Waals surface area contributed by atoms with Gasteiger partial charge in [-0.25, -0.2) is 4.79 Å². The molecule has 92 valence electrons. The summed E-state index contributed by atoms with van der Waals surface area (Å²) in [6, 6.07) is 11.3. The molecule has 1 aromatic carbocycles. The van der Waals surface area contributed by atoms with Gasteiger partial charge in [-0.2, -0.15) is 0 Å². The molecule has 5 heteroatoms. The maximum atomic E-state index is 11.5. The molecule has 0 bridgehead atoms. The van der Waals surface area contributed by atoms with Crippen LogP contribution in [0.25, 0.3) is 0 Å². The van der Waals surface area contributed by atoms with Gasteiger partial charge >= 0.3 is 6.09 Å². The number of hydrogen-bond donors (Lipinski definition) is 1. The first-order valence-corrected chi connectivity index (χ1v) is 6.13. The van der Waals surface area contributed by atoms with Crippen LogP contribution in [-0.4, -0.2) is 11.1 Å². The van der Waals surface area contributed by atoms with Crippen molar-refractivity contribution >= 4 is 22.0 Å². The van der Waals surface area contributed by atoms with Gasteiger partial charge in [0.05, 0.1) is 6.20 Å². The van der Waals surface area contributed by atoms with Crippen molar-refractivity contribution in [3.63, 3.8) is 0 Å². The number of benzene rings is 1. The average Bonchev–Trinajstić information content (AvgIpc) is 2.38. The number of amides is 1. The van der Waals surface area contributed by atoms with Gasteiger partial charge in [0.15, 0.2) is 5.75 Å². The fourth-order valence-corrected chi connectivity index (χ4v) is 1.71. The summed E-state index contributed by atoms with van der Waals surface area (Å²) in [5, 5.41) is 2.66. The minimum atomic E-state index is -0.501. The predicted octanol–water partition coefficient (Wildman–Crippen LogP) is 3.13. The van der Waals surface area contributed by atoms with Gasteiger partial charge in [0.2, 0.25) is 0 Å². The molecule has 0 fully saturated rings. The molecule has 1 aromatic heterocycles. The summed E-state index contributed by atoms with van der Waals surface area (Å²) in [5.74, 6) is 0.398. The Balaban J connectivity index is 1.86. The van der Waals surface area contributed by atoms with Crippen LogP contribution in [0.2, 0.25) is 0 Å². The smallest absolute Gasteiger partial charge is 0.409 e. The van der Waals surface area contributed by atoms with Crippen LogP contribution < -0.4 is 10.1 Å². The summed E-state index contributed by atoms with van der Waals surface area (Å²) >= 11 is 3.25. The van der Waals surface area contributed by atoms with E-state index < -0.39 is 6.09 Å². The molecule has 0 unspecified atom stereocenters. The number of carbonyl (C=O) groups is 1. The highest BCUT2D eigenvalue weighted by Gasteiger charge is 2.04. The maximum Gasteiger partial charge on any atom is 0.412 e. The van der Waals surface area contributed by atoms with Gasteiger partial charge in [-0.05, 0) is 27.6 Å². The zero-order valence-electron chi connectivity index (χ0n) is 9.47. The van der Waals surface area contributed by atoms with E-state index >= 15 is 0 Å². The molecule has 0 atom stereocenters. The molecule has 2 rings (SSSR count). The second kappa shape index (κ2) is 6.16. The maximum absolute atomic E-state index is 11.5. The lowest BCUT2D eigenvalue weighted by atomic mass is 10.2. The molecule has 0 spiro atoms. The van der Waals surface area contributed by atoms with Gasteiger partial charge in [-0.15, -0.1) is 0 Å². The Hall–Kier alpha value is -1.88. The van der Waals surface area contributed by atoms with Crippen molar-refractivity contribution in [2.45, 2.75) is 6.54 Å². The van der Waals surface area contributed by atoms with Crippen molar-refractivity contribution in [3.05, 3.63) is 58.8 Å². The Morgan fingerprint density at radius 2 is 2.06 bits per heavy atom. The number of hydrogen-bond acceptors (Lipinski definition) is 3. The number of nitrogens with one attached hydrogen (secondary N) is 1. The summed E-state index contributed by atoms with van der Waals surface area (Å²) < 4.78 is 5.83. The molecule has 0 saturated carbocycles. The van der Waals surface area contributed by atoms with Gasteiger partial charge in [-0.1, -0.05) is 30.3 Å². The number of nitrogens with zero attached hydrogens (tertiary/aromatic N) is 1. The molecule has 0 saturated heterocycles. The Morgan fingerprint density at radius 3 is 2.78 bits per heavy atom. The van der Waals surface area contributed by atoms with Crippen molar-refractivity contribution < 1.29 is 9.53 Å². The van der Waals surface area contributed by atoms with Crippen LogP contribution in [0, 0.1) is 0 Å². The van der Waals surface area contributed by atoms with Crippen molar-refractivity contribution in [1.29, 1.82) is 0 Å². The monoisotopic (exact) mass is 306 g/mol. The predicted molar refractivity (Wildman–Crippen MR) is 71.2 cm³/mol. The van der Waals surface area contributed by atoms with Crippen LogP contribution >= 0.6 is 15.9 Å². The second-order valence-corrected chi connectivity index (χ2v) is 4.48. The summed E-state index contributed by atoms with van der Waals surface area (Å²) in [4.78, 5) is 15.4. The number of aromatic nitrogens is 1. The third-order valence-electron chi connectivity index (χ3n) is 2.17. The van der Waals surface area contributed by atoms with E-state index in [1.165, 1.54) is 6.20 Å². The first-order chi connectivity index (χ1) is 8.74. The van der Waals surface area contributed by atoms with Gasteiger partial charge in [-0.3, -0.25) is 4.98 Å². The van der Waals surface area contributed by atoms with Gasteiger partial charge in [0.25, 0.3) is 0 Å². The Morgan fingerprint density at radius 1 is 1.28 bits per heavy atom. The number of rotatable bonds is 3. The molecule has 1 heterocycles. The van der Waals surface area contributed by atoms with Crippen LogP contribution in [0.1, 0.15) is 5.56 Å². The van der Waals surface area contributed by atoms with E-state index in [1.807, 2.05) is 30.3 Å². The first kappa shape index (κ1) is 12.6. The van der Waals surface area contributed by atoms with E-state index in [1.54, 1.807) is 12.3 Å². The molecule has 0 aliphatic carbocycles. The quantitative estimate of drug-likeness (QED) is 0.948. The van der Waals surface area contributed by atoms with Gasteiger partial charge in [0.1, 0.15) is 0 Å². The third-order valence-corrected chi connectivity index (χ3v) is 2.60. The Kier molecular flexibility index (Phi) is 4.30.